The van der Waals surface area contributed by atoms with Crippen molar-refractivity contribution >= 4 is 6.03 Å². The largest absolute Gasteiger partial charge is 0.351 e. The predicted molar refractivity (Wildman–Crippen MR) is 63.0 cm³/mol. The molecule has 2 atom stereocenters. The fourth-order valence-corrected chi connectivity index (χ4v) is 2.29. The van der Waals surface area contributed by atoms with Gasteiger partial charge in [-0.15, -0.1) is 0 Å². The first-order valence-corrected chi connectivity index (χ1v) is 5.57. The van der Waals surface area contributed by atoms with Gasteiger partial charge in [0, 0.05) is 13.1 Å². The van der Waals surface area contributed by atoms with Crippen LogP contribution in [0.1, 0.15) is 12.5 Å². The molecule has 1 fully saturated rings. The molecule has 0 radical (unpaired) electrons. The maximum Gasteiger partial charge on any atom is 0.315 e. The van der Waals surface area contributed by atoms with Gasteiger partial charge < -0.3 is 10.6 Å². The van der Waals surface area contributed by atoms with E-state index in [9.17, 15) is 9.18 Å². The Labute approximate surface area is 99.6 Å². The SMILES string of the molecule is CC1(c2ccccc2)C(F)NCCN1C(N)=O. The zero-order valence-electron chi connectivity index (χ0n) is 9.69. The molecule has 0 aromatic heterocycles. The lowest BCUT2D eigenvalue weighted by atomic mass is 9.87. The molecule has 1 aliphatic rings. The molecule has 1 saturated heterocycles. The molecule has 92 valence electrons. The number of piperazine rings is 1. The summed E-state index contributed by atoms with van der Waals surface area (Å²) < 4.78 is 14.2. The van der Waals surface area contributed by atoms with E-state index in [0.29, 0.717) is 13.1 Å². The molecule has 1 aliphatic heterocycles. The highest BCUT2D eigenvalue weighted by Gasteiger charge is 2.46. The lowest BCUT2D eigenvalue weighted by Crippen LogP contribution is -2.64. The van der Waals surface area contributed by atoms with E-state index >= 15 is 0 Å². The van der Waals surface area contributed by atoms with Crippen LogP contribution in [0.5, 0.6) is 0 Å². The molecule has 2 rings (SSSR count). The molecule has 0 saturated carbocycles. The summed E-state index contributed by atoms with van der Waals surface area (Å²) >= 11 is 0. The quantitative estimate of drug-likeness (QED) is 0.721. The van der Waals surface area contributed by atoms with Crippen LogP contribution < -0.4 is 11.1 Å². The molecule has 5 heteroatoms. The second kappa shape index (κ2) is 4.33. The number of nitrogens with one attached hydrogen (secondary N) is 1. The van der Waals surface area contributed by atoms with E-state index in [1.54, 1.807) is 19.1 Å². The van der Waals surface area contributed by atoms with Crippen LogP contribution in [0.2, 0.25) is 0 Å². The molecule has 0 bridgehead atoms. The number of urea groups is 1. The molecular formula is C12H16FN3O. The van der Waals surface area contributed by atoms with Crippen LogP contribution in [0.3, 0.4) is 0 Å². The van der Waals surface area contributed by atoms with Gasteiger partial charge in [-0.3, -0.25) is 5.32 Å². The van der Waals surface area contributed by atoms with Crippen molar-refractivity contribution in [3.05, 3.63) is 35.9 Å². The molecule has 17 heavy (non-hydrogen) atoms. The Hall–Kier alpha value is -1.62. The van der Waals surface area contributed by atoms with Gasteiger partial charge in [0.25, 0.3) is 0 Å². The zero-order chi connectivity index (χ0) is 12.5. The average molecular weight is 237 g/mol. The van der Waals surface area contributed by atoms with Gasteiger partial charge in [-0.05, 0) is 12.5 Å². The Morgan fingerprint density at radius 3 is 2.76 bits per heavy atom. The van der Waals surface area contributed by atoms with E-state index < -0.39 is 17.9 Å². The molecule has 1 aromatic rings. The van der Waals surface area contributed by atoms with Crippen molar-refractivity contribution in [1.29, 1.82) is 0 Å². The van der Waals surface area contributed by atoms with Crippen LogP contribution >= 0.6 is 0 Å². The number of amides is 2. The average Bonchev–Trinajstić information content (AvgIpc) is 2.33. The first-order chi connectivity index (χ1) is 8.06. The summed E-state index contributed by atoms with van der Waals surface area (Å²) in [6.07, 6.45) is -1.33. The van der Waals surface area contributed by atoms with E-state index in [1.165, 1.54) is 4.90 Å². The van der Waals surface area contributed by atoms with Gasteiger partial charge in [-0.25, -0.2) is 9.18 Å². The zero-order valence-corrected chi connectivity index (χ0v) is 9.69. The van der Waals surface area contributed by atoms with E-state index in [-0.39, 0.29) is 0 Å². The molecule has 0 spiro atoms. The summed E-state index contributed by atoms with van der Waals surface area (Å²) in [6, 6.07) is 8.50. The Kier molecular flexibility index (Phi) is 3.02. The molecule has 2 amide bonds. The number of alkyl halides is 1. The van der Waals surface area contributed by atoms with E-state index in [1.807, 2.05) is 18.2 Å². The maximum absolute atomic E-state index is 14.2. The minimum atomic E-state index is -1.33. The van der Waals surface area contributed by atoms with E-state index in [2.05, 4.69) is 5.32 Å². The predicted octanol–water partition coefficient (Wildman–Crippen LogP) is 1.18. The Bertz CT molecular complexity index is 411. The number of nitrogens with zero attached hydrogens (tertiary/aromatic N) is 1. The number of hydrogen-bond acceptors (Lipinski definition) is 2. The Morgan fingerprint density at radius 1 is 1.53 bits per heavy atom. The van der Waals surface area contributed by atoms with Crippen molar-refractivity contribution < 1.29 is 9.18 Å². The third kappa shape index (κ3) is 1.86. The summed E-state index contributed by atoms with van der Waals surface area (Å²) in [5.41, 5.74) is 5.02. The Balaban J connectivity index is 2.45. The summed E-state index contributed by atoms with van der Waals surface area (Å²) in [6.45, 7) is 2.50. The van der Waals surface area contributed by atoms with Crippen molar-refractivity contribution in [2.75, 3.05) is 13.1 Å². The number of benzene rings is 1. The molecule has 2 unspecified atom stereocenters. The molecular weight excluding hydrogens is 221 g/mol. The van der Waals surface area contributed by atoms with Gasteiger partial charge in [0.2, 0.25) is 0 Å². The third-order valence-corrected chi connectivity index (χ3v) is 3.34. The molecule has 1 aromatic carbocycles. The molecule has 1 heterocycles. The standard InChI is InChI=1S/C12H16FN3O/c1-12(9-5-3-2-4-6-9)10(13)15-7-8-16(12)11(14)17/h2-6,10,15H,7-8H2,1H3,(H2,14,17). The minimum absolute atomic E-state index is 0.404. The van der Waals surface area contributed by atoms with Crippen molar-refractivity contribution in [3.8, 4) is 0 Å². The number of primary amides is 1. The highest BCUT2D eigenvalue weighted by Crippen LogP contribution is 2.34. The van der Waals surface area contributed by atoms with Crippen molar-refractivity contribution in [2.24, 2.45) is 5.73 Å². The second-order valence-electron chi connectivity index (χ2n) is 4.32. The second-order valence-corrected chi connectivity index (χ2v) is 4.32. The Morgan fingerprint density at radius 2 is 2.18 bits per heavy atom. The number of halogens is 1. The van der Waals surface area contributed by atoms with Crippen LogP contribution in [0.4, 0.5) is 9.18 Å². The van der Waals surface area contributed by atoms with Crippen molar-refractivity contribution in [1.82, 2.24) is 10.2 Å². The minimum Gasteiger partial charge on any atom is -0.351 e. The smallest absolute Gasteiger partial charge is 0.315 e. The summed E-state index contributed by atoms with van der Waals surface area (Å²) in [5, 5.41) is 2.74. The maximum atomic E-state index is 14.2. The first-order valence-electron chi connectivity index (χ1n) is 5.57. The van der Waals surface area contributed by atoms with Crippen LogP contribution in [0, 0.1) is 0 Å². The number of hydrogen-bond donors (Lipinski definition) is 2. The molecule has 0 aliphatic carbocycles. The number of carbonyl (C=O) groups is 1. The van der Waals surface area contributed by atoms with Gasteiger partial charge in [-0.2, -0.15) is 0 Å². The van der Waals surface area contributed by atoms with Gasteiger partial charge in [-0.1, -0.05) is 30.3 Å². The normalized spacial score (nSPS) is 29.1. The fraction of sp³-hybridized carbons (Fsp3) is 0.417. The summed E-state index contributed by atoms with van der Waals surface area (Å²) in [5.74, 6) is 0. The van der Waals surface area contributed by atoms with Gasteiger partial charge >= 0.3 is 6.03 Å². The molecule has 3 N–H and O–H groups in total. The number of carbonyl (C=O) groups excluding carboxylic acids is 1. The first kappa shape index (κ1) is 11.9. The van der Waals surface area contributed by atoms with Crippen molar-refractivity contribution in [3.63, 3.8) is 0 Å². The lowest BCUT2D eigenvalue weighted by molar-refractivity contribution is 0.00451. The van der Waals surface area contributed by atoms with Crippen molar-refractivity contribution in [2.45, 2.75) is 18.8 Å². The van der Waals surface area contributed by atoms with Crippen LogP contribution in [-0.4, -0.2) is 30.3 Å². The topological polar surface area (TPSA) is 58.4 Å². The van der Waals surface area contributed by atoms with E-state index in [0.717, 1.165) is 5.56 Å². The summed E-state index contributed by atoms with van der Waals surface area (Å²) in [4.78, 5) is 12.8. The van der Waals surface area contributed by atoms with Crippen LogP contribution in [0.25, 0.3) is 0 Å². The number of rotatable bonds is 1. The third-order valence-electron chi connectivity index (χ3n) is 3.34. The number of nitrogens with two attached hydrogens (primary N) is 1. The highest BCUT2D eigenvalue weighted by molar-refractivity contribution is 5.73. The van der Waals surface area contributed by atoms with E-state index in [4.69, 9.17) is 5.73 Å². The van der Waals surface area contributed by atoms with Gasteiger partial charge in [0.15, 0.2) is 6.30 Å². The van der Waals surface area contributed by atoms with Crippen LogP contribution in [0.15, 0.2) is 30.3 Å². The fourth-order valence-electron chi connectivity index (χ4n) is 2.29. The lowest BCUT2D eigenvalue weighted by Gasteiger charge is -2.46. The highest BCUT2D eigenvalue weighted by atomic mass is 19.1. The summed E-state index contributed by atoms with van der Waals surface area (Å²) in [7, 11) is 0. The monoisotopic (exact) mass is 237 g/mol. The van der Waals surface area contributed by atoms with Gasteiger partial charge in [0.1, 0.15) is 5.54 Å². The molecule has 4 nitrogen and oxygen atoms in total. The van der Waals surface area contributed by atoms with Crippen LogP contribution in [-0.2, 0) is 5.54 Å². The van der Waals surface area contributed by atoms with Gasteiger partial charge in [0.05, 0.1) is 0 Å².